The van der Waals surface area contributed by atoms with Crippen molar-refractivity contribution in [3.63, 3.8) is 0 Å². The molecule has 1 fully saturated rings. The van der Waals surface area contributed by atoms with Crippen LogP contribution in [0.5, 0.6) is 0 Å². The monoisotopic (exact) mass is 337 g/mol. The highest BCUT2D eigenvalue weighted by atomic mass is 16.6. The van der Waals surface area contributed by atoms with E-state index < -0.39 is 0 Å². The molecule has 0 spiro atoms. The number of hydrogen-bond acceptors (Lipinski definition) is 7. The van der Waals surface area contributed by atoms with Gasteiger partial charge in [-0.05, 0) is 32.3 Å². The first kappa shape index (κ1) is 18.3. The molecule has 8 heteroatoms. The van der Waals surface area contributed by atoms with Crippen LogP contribution < -0.4 is 10.6 Å². The molecular formula is C16H27N5O3. The van der Waals surface area contributed by atoms with Gasteiger partial charge in [0.1, 0.15) is 5.82 Å². The Balaban J connectivity index is 1.77. The number of carbonyl (C=O) groups is 1. The molecule has 2 heterocycles. The predicted octanol–water partition coefficient (Wildman–Crippen LogP) is 1.96. The van der Waals surface area contributed by atoms with Gasteiger partial charge in [-0.15, -0.1) is 0 Å². The molecule has 24 heavy (non-hydrogen) atoms. The summed E-state index contributed by atoms with van der Waals surface area (Å²) in [6.07, 6.45) is 4.17. The van der Waals surface area contributed by atoms with Crippen molar-refractivity contribution in [2.24, 2.45) is 0 Å². The van der Waals surface area contributed by atoms with Crippen LogP contribution in [0.3, 0.4) is 0 Å². The molecule has 1 aromatic heterocycles. The second-order valence-electron chi connectivity index (χ2n) is 5.64. The first-order valence-electron chi connectivity index (χ1n) is 8.47. The molecule has 2 rings (SSSR count). The van der Waals surface area contributed by atoms with Crippen molar-refractivity contribution < 1.29 is 14.3 Å². The van der Waals surface area contributed by atoms with Gasteiger partial charge in [0.15, 0.2) is 0 Å². The standard InChI is InChI=1S/C16H27N5O3/c1-3-24-16(22)21-10-6-13(7-11-21)19-14-5-9-18-15(20-14)17-8-4-12-23-2/h5,9,13H,3-4,6-8,10-12H2,1-2H3,(H2,17,18,19,20). The Bertz CT molecular complexity index is 506. The first-order chi connectivity index (χ1) is 11.7. The molecule has 8 nitrogen and oxygen atoms in total. The van der Waals surface area contributed by atoms with Crippen molar-refractivity contribution in [1.82, 2.24) is 14.9 Å². The van der Waals surface area contributed by atoms with Gasteiger partial charge in [-0.1, -0.05) is 0 Å². The van der Waals surface area contributed by atoms with E-state index in [4.69, 9.17) is 9.47 Å². The maximum absolute atomic E-state index is 11.7. The van der Waals surface area contributed by atoms with Gasteiger partial charge in [-0.25, -0.2) is 9.78 Å². The molecule has 134 valence electrons. The molecule has 1 aromatic rings. The second kappa shape index (κ2) is 9.92. The topological polar surface area (TPSA) is 88.6 Å². The van der Waals surface area contributed by atoms with E-state index in [2.05, 4.69) is 20.6 Å². The third kappa shape index (κ3) is 5.84. The fourth-order valence-corrected chi connectivity index (χ4v) is 2.57. The number of anilines is 2. The molecule has 0 aromatic carbocycles. The predicted molar refractivity (Wildman–Crippen MR) is 92.3 cm³/mol. The van der Waals surface area contributed by atoms with Crippen LogP contribution in [0, 0.1) is 0 Å². The van der Waals surface area contributed by atoms with Crippen LogP contribution in [0.25, 0.3) is 0 Å². The van der Waals surface area contributed by atoms with Gasteiger partial charge in [0.25, 0.3) is 0 Å². The smallest absolute Gasteiger partial charge is 0.409 e. The summed E-state index contributed by atoms with van der Waals surface area (Å²) in [7, 11) is 1.69. The summed E-state index contributed by atoms with van der Waals surface area (Å²) >= 11 is 0. The quantitative estimate of drug-likeness (QED) is 0.701. The number of methoxy groups -OCH3 is 1. The number of piperidine rings is 1. The van der Waals surface area contributed by atoms with E-state index in [9.17, 15) is 4.79 Å². The van der Waals surface area contributed by atoms with E-state index in [1.54, 1.807) is 18.2 Å². The van der Waals surface area contributed by atoms with Gasteiger partial charge >= 0.3 is 6.09 Å². The Morgan fingerprint density at radius 2 is 2.21 bits per heavy atom. The summed E-state index contributed by atoms with van der Waals surface area (Å²) in [6.45, 7) is 5.12. The first-order valence-corrected chi connectivity index (χ1v) is 8.47. The fraction of sp³-hybridized carbons (Fsp3) is 0.688. The van der Waals surface area contributed by atoms with E-state index in [0.717, 1.165) is 31.6 Å². The van der Waals surface area contributed by atoms with Crippen molar-refractivity contribution in [3.8, 4) is 0 Å². The number of amides is 1. The summed E-state index contributed by atoms with van der Waals surface area (Å²) in [5, 5.41) is 6.60. The van der Waals surface area contributed by atoms with Gasteiger partial charge in [0.2, 0.25) is 5.95 Å². The van der Waals surface area contributed by atoms with Gasteiger partial charge in [0.05, 0.1) is 6.61 Å². The Kier molecular flexibility index (Phi) is 7.54. The molecule has 0 radical (unpaired) electrons. The van der Waals surface area contributed by atoms with Gasteiger partial charge < -0.3 is 25.0 Å². The lowest BCUT2D eigenvalue weighted by Gasteiger charge is -2.31. The lowest BCUT2D eigenvalue weighted by atomic mass is 10.1. The van der Waals surface area contributed by atoms with E-state index in [1.807, 2.05) is 13.0 Å². The molecule has 2 N–H and O–H groups in total. The number of carbonyl (C=O) groups excluding carboxylic acids is 1. The van der Waals surface area contributed by atoms with Crippen LogP contribution in [0.4, 0.5) is 16.6 Å². The van der Waals surface area contributed by atoms with Crippen molar-refractivity contribution >= 4 is 17.9 Å². The number of nitrogens with zero attached hydrogens (tertiary/aromatic N) is 3. The zero-order valence-electron chi connectivity index (χ0n) is 14.5. The highest BCUT2D eigenvalue weighted by Gasteiger charge is 2.23. The maximum atomic E-state index is 11.7. The average Bonchev–Trinajstić information content (AvgIpc) is 2.60. The van der Waals surface area contributed by atoms with Crippen LogP contribution in [0.15, 0.2) is 12.3 Å². The molecule has 1 aliphatic heterocycles. The molecule has 1 saturated heterocycles. The van der Waals surface area contributed by atoms with Crippen molar-refractivity contribution in [1.29, 1.82) is 0 Å². The summed E-state index contributed by atoms with van der Waals surface area (Å²) in [5.41, 5.74) is 0. The van der Waals surface area contributed by atoms with Crippen molar-refractivity contribution in [2.45, 2.75) is 32.2 Å². The van der Waals surface area contributed by atoms with E-state index in [1.165, 1.54) is 0 Å². The van der Waals surface area contributed by atoms with E-state index in [0.29, 0.717) is 38.3 Å². The molecule has 0 saturated carbocycles. The van der Waals surface area contributed by atoms with Crippen LogP contribution >= 0.6 is 0 Å². The summed E-state index contributed by atoms with van der Waals surface area (Å²) in [5.74, 6) is 1.41. The van der Waals surface area contributed by atoms with Crippen LogP contribution in [0.2, 0.25) is 0 Å². The summed E-state index contributed by atoms with van der Waals surface area (Å²) in [4.78, 5) is 22.1. The lowest BCUT2D eigenvalue weighted by Crippen LogP contribution is -2.42. The third-order valence-corrected chi connectivity index (χ3v) is 3.84. The van der Waals surface area contributed by atoms with Gasteiger partial charge in [0, 0.05) is 45.6 Å². The van der Waals surface area contributed by atoms with E-state index in [-0.39, 0.29) is 6.09 Å². The number of rotatable bonds is 8. The number of ether oxygens (including phenoxy) is 2. The molecule has 0 unspecified atom stereocenters. The largest absolute Gasteiger partial charge is 0.450 e. The second-order valence-corrected chi connectivity index (χ2v) is 5.64. The molecule has 0 aliphatic carbocycles. The van der Waals surface area contributed by atoms with Crippen LogP contribution in [-0.4, -0.2) is 67.0 Å². The normalized spacial score (nSPS) is 15.2. The Morgan fingerprint density at radius 3 is 2.92 bits per heavy atom. The molecule has 0 bridgehead atoms. The Labute approximate surface area is 142 Å². The van der Waals surface area contributed by atoms with Gasteiger partial charge in [-0.3, -0.25) is 0 Å². The minimum Gasteiger partial charge on any atom is -0.450 e. The number of nitrogens with one attached hydrogen (secondary N) is 2. The zero-order chi connectivity index (χ0) is 17.2. The summed E-state index contributed by atoms with van der Waals surface area (Å²) in [6, 6.07) is 2.16. The Hall–Kier alpha value is -2.09. The number of aromatic nitrogens is 2. The van der Waals surface area contributed by atoms with E-state index >= 15 is 0 Å². The summed E-state index contributed by atoms with van der Waals surface area (Å²) < 4.78 is 10.0. The SMILES string of the molecule is CCOC(=O)N1CCC(Nc2ccnc(NCCCOC)n2)CC1. The number of likely N-dealkylation sites (tertiary alicyclic amines) is 1. The third-order valence-electron chi connectivity index (χ3n) is 3.84. The van der Waals surface area contributed by atoms with Crippen LogP contribution in [-0.2, 0) is 9.47 Å². The van der Waals surface area contributed by atoms with Crippen LogP contribution in [0.1, 0.15) is 26.2 Å². The Morgan fingerprint density at radius 1 is 1.42 bits per heavy atom. The van der Waals surface area contributed by atoms with Crippen molar-refractivity contribution in [3.05, 3.63) is 12.3 Å². The van der Waals surface area contributed by atoms with Crippen molar-refractivity contribution in [2.75, 3.05) is 50.6 Å². The maximum Gasteiger partial charge on any atom is 0.409 e. The molecule has 1 aliphatic rings. The van der Waals surface area contributed by atoms with Gasteiger partial charge in [-0.2, -0.15) is 4.98 Å². The lowest BCUT2D eigenvalue weighted by molar-refractivity contribution is 0.0983. The average molecular weight is 337 g/mol. The molecule has 1 amide bonds. The highest BCUT2D eigenvalue weighted by Crippen LogP contribution is 2.16. The molecule has 0 atom stereocenters. The minimum absolute atomic E-state index is 0.222. The fourth-order valence-electron chi connectivity index (χ4n) is 2.57. The number of hydrogen-bond donors (Lipinski definition) is 2. The molecular weight excluding hydrogens is 310 g/mol. The highest BCUT2D eigenvalue weighted by molar-refractivity contribution is 5.67. The zero-order valence-corrected chi connectivity index (χ0v) is 14.5. The minimum atomic E-state index is -0.222.